The molecule has 2 bridgehead atoms. The van der Waals surface area contributed by atoms with Crippen molar-refractivity contribution in [2.45, 2.75) is 77.2 Å². The van der Waals surface area contributed by atoms with Crippen LogP contribution in [0.3, 0.4) is 0 Å². The molecule has 140 valence electrons. The van der Waals surface area contributed by atoms with E-state index in [9.17, 15) is 0 Å². The van der Waals surface area contributed by atoms with Crippen LogP contribution in [0.25, 0.3) is 0 Å². The van der Waals surface area contributed by atoms with Gasteiger partial charge in [-0.1, -0.05) is 82.8 Å². The largest absolute Gasteiger partial charge is 0.380 e. The van der Waals surface area contributed by atoms with Crippen LogP contribution >= 0.6 is 11.9 Å². The molecule has 3 rings (SSSR count). The number of methoxy groups -OCH3 is 1. The van der Waals surface area contributed by atoms with Crippen molar-refractivity contribution in [2.24, 2.45) is 16.7 Å². The first-order chi connectivity index (χ1) is 12.0. The summed E-state index contributed by atoms with van der Waals surface area (Å²) >= 11 is 1.96. The van der Waals surface area contributed by atoms with Gasteiger partial charge in [0, 0.05) is 23.8 Å². The summed E-state index contributed by atoms with van der Waals surface area (Å²) in [6.07, 6.45) is 6.70. The molecule has 1 aromatic rings. The van der Waals surface area contributed by atoms with Crippen LogP contribution in [0.1, 0.15) is 71.4 Å². The van der Waals surface area contributed by atoms with E-state index < -0.39 is 0 Å². The lowest BCUT2D eigenvalue weighted by molar-refractivity contribution is -0.0177. The summed E-state index contributed by atoms with van der Waals surface area (Å²) in [7, 11) is 1.91. The number of fused-ring (bicyclic) bond motifs is 2. The Hall–Kier alpha value is -0.510. The zero-order valence-corrected chi connectivity index (χ0v) is 17.4. The highest BCUT2D eigenvalue weighted by Gasteiger charge is 2.66. The van der Waals surface area contributed by atoms with E-state index >= 15 is 0 Å². The molecular weight excluding hydrogens is 326 g/mol. The number of unbranched alkanes of at least 4 members (excludes halogenated alkanes) is 1. The van der Waals surface area contributed by atoms with E-state index in [0.717, 1.165) is 5.92 Å². The van der Waals surface area contributed by atoms with Crippen molar-refractivity contribution < 1.29 is 4.74 Å². The SMILES string of the molecule is CCCCC(NSC1C(OC)[C@]2(C)CC[C@H]1C2(C)C)c1ccccc1. The van der Waals surface area contributed by atoms with Gasteiger partial charge in [0.15, 0.2) is 0 Å². The fourth-order valence-electron chi connectivity index (χ4n) is 5.31. The number of benzene rings is 1. The van der Waals surface area contributed by atoms with Gasteiger partial charge in [-0.05, 0) is 36.2 Å². The third-order valence-corrected chi connectivity index (χ3v) is 8.61. The molecule has 3 unspecified atom stereocenters. The molecule has 2 aliphatic carbocycles. The van der Waals surface area contributed by atoms with Crippen LogP contribution in [0.2, 0.25) is 0 Å². The molecule has 1 N–H and O–H groups in total. The minimum atomic E-state index is 0.303. The topological polar surface area (TPSA) is 21.3 Å². The molecule has 0 aromatic heterocycles. The number of ether oxygens (including phenoxy) is 1. The molecule has 2 fully saturated rings. The van der Waals surface area contributed by atoms with Gasteiger partial charge in [-0.3, -0.25) is 4.72 Å². The Morgan fingerprint density at radius 1 is 1.24 bits per heavy atom. The van der Waals surface area contributed by atoms with Crippen LogP contribution in [0.5, 0.6) is 0 Å². The average Bonchev–Trinajstić information content (AvgIpc) is 2.93. The lowest BCUT2D eigenvalue weighted by Crippen LogP contribution is -2.41. The molecule has 0 amide bonds. The molecule has 2 saturated carbocycles. The summed E-state index contributed by atoms with van der Waals surface area (Å²) in [6.45, 7) is 9.65. The van der Waals surface area contributed by atoms with Crippen molar-refractivity contribution in [3.05, 3.63) is 35.9 Å². The summed E-state index contributed by atoms with van der Waals surface area (Å²) in [5.41, 5.74) is 2.07. The molecule has 2 aliphatic rings. The van der Waals surface area contributed by atoms with Crippen LogP contribution in [-0.4, -0.2) is 18.5 Å². The number of hydrogen-bond acceptors (Lipinski definition) is 3. The Balaban J connectivity index is 1.72. The van der Waals surface area contributed by atoms with Gasteiger partial charge in [0.1, 0.15) is 0 Å². The molecule has 0 heterocycles. The Bertz CT molecular complexity index is 560. The maximum atomic E-state index is 6.05. The fourth-order valence-corrected chi connectivity index (χ4v) is 7.06. The van der Waals surface area contributed by atoms with Crippen LogP contribution in [0, 0.1) is 16.7 Å². The summed E-state index contributed by atoms with van der Waals surface area (Å²) in [5.74, 6) is 0.738. The van der Waals surface area contributed by atoms with Crippen molar-refractivity contribution in [1.29, 1.82) is 0 Å². The first kappa shape index (κ1) is 19.3. The van der Waals surface area contributed by atoms with E-state index in [1.807, 2.05) is 19.1 Å². The fraction of sp³-hybridized carbons (Fsp3) is 0.727. The highest BCUT2D eigenvalue weighted by atomic mass is 32.2. The van der Waals surface area contributed by atoms with E-state index in [-0.39, 0.29) is 0 Å². The van der Waals surface area contributed by atoms with E-state index in [4.69, 9.17) is 4.74 Å². The Labute approximate surface area is 158 Å². The van der Waals surface area contributed by atoms with Gasteiger partial charge in [-0.25, -0.2) is 0 Å². The second kappa shape index (κ2) is 7.62. The minimum Gasteiger partial charge on any atom is -0.380 e. The minimum absolute atomic E-state index is 0.303. The molecule has 3 heteroatoms. The molecule has 0 radical (unpaired) electrons. The van der Waals surface area contributed by atoms with Gasteiger partial charge >= 0.3 is 0 Å². The van der Waals surface area contributed by atoms with Crippen molar-refractivity contribution in [3.8, 4) is 0 Å². The van der Waals surface area contributed by atoms with Crippen LogP contribution in [-0.2, 0) is 4.74 Å². The second-order valence-electron chi connectivity index (χ2n) is 8.75. The summed E-state index contributed by atoms with van der Waals surface area (Å²) in [4.78, 5) is 0. The van der Waals surface area contributed by atoms with E-state index in [0.29, 0.717) is 28.2 Å². The van der Waals surface area contributed by atoms with Crippen molar-refractivity contribution in [2.75, 3.05) is 7.11 Å². The quantitative estimate of drug-likeness (QED) is 0.574. The Morgan fingerprint density at radius 3 is 2.60 bits per heavy atom. The highest BCUT2D eigenvalue weighted by molar-refractivity contribution is 7.98. The van der Waals surface area contributed by atoms with Gasteiger partial charge in [0.2, 0.25) is 0 Å². The second-order valence-corrected chi connectivity index (χ2v) is 9.76. The molecule has 0 spiro atoms. The summed E-state index contributed by atoms with van der Waals surface area (Å²) in [6, 6.07) is 11.4. The van der Waals surface area contributed by atoms with Gasteiger partial charge in [-0.2, -0.15) is 0 Å². The smallest absolute Gasteiger partial charge is 0.0764 e. The third kappa shape index (κ3) is 3.28. The number of rotatable bonds is 8. The zero-order chi connectivity index (χ0) is 18.1. The molecule has 2 nitrogen and oxygen atoms in total. The maximum absolute atomic E-state index is 6.05. The molecule has 1 aromatic carbocycles. The predicted molar refractivity (Wildman–Crippen MR) is 109 cm³/mol. The van der Waals surface area contributed by atoms with Gasteiger partial charge < -0.3 is 4.74 Å². The molecule has 25 heavy (non-hydrogen) atoms. The lowest BCUT2D eigenvalue weighted by Gasteiger charge is -2.39. The van der Waals surface area contributed by atoms with Crippen LogP contribution in [0.15, 0.2) is 30.3 Å². The van der Waals surface area contributed by atoms with Crippen molar-refractivity contribution >= 4 is 11.9 Å². The van der Waals surface area contributed by atoms with Crippen molar-refractivity contribution in [3.63, 3.8) is 0 Å². The first-order valence-electron chi connectivity index (χ1n) is 9.94. The normalized spacial score (nSPS) is 34.4. The zero-order valence-electron chi connectivity index (χ0n) is 16.5. The number of nitrogens with one attached hydrogen (secondary N) is 1. The number of hydrogen-bond donors (Lipinski definition) is 1. The maximum Gasteiger partial charge on any atom is 0.0764 e. The highest BCUT2D eigenvalue weighted by Crippen LogP contribution is 2.68. The standard InChI is InChI=1S/C22H35NOS/c1-6-7-13-18(16-11-9-8-10-12-16)23-25-19-17-14-15-22(4,20(19)24-5)21(17,2)3/h8-12,17-20,23H,6-7,13-15H2,1-5H3/t17-,18?,19?,20?,22+/m1/s1. The summed E-state index contributed by atoms with van der Waals surface area (Å²) in [5, 5.41) is 0.548. The molecule has 0 saturated heterocycles. The average molecular weight is 362 g/mol. The summed E-state index contributed by atoms with van der Waals surface area (Å²) < 4.78 is 9.91. The van der Waals surface area contributed by atoms with Gasteiger partial charge in [0.25, 0.3) is 0 Å². The van der Waals surface area contributed by atoms with E-state index in [1.54, 1.807) is 0 Å². The predicted octanol–water partition coefficient (Wildman–Crippen LogP) is 6.00. The van der Waals surface area contributed by atoms with Crippen LogP contribution in [0.4, 0.5) is 0 Å². The van der Waals surface area contributed by atoms with Crippen LogP contribution < -0.4 is 4.72 Å². The monoisotopic (exact) mass is 361 g/mol. The Morgan fingerprint density at radius 2 is 1.96 bits per heavy atom. The molecular formula is C22H35NOS. The lowest BCUT2D eigenvalue weighted by atomic mass is 9.70. The first-order valence-corrected chi connectivity index (χ1v) is 10.8. The van der Waals surface area contributed by atoms with Gasteiger partial charge in [0.05, 0.1) is 6.10 Å². The third-order valence-electron chi connectivity index (χ3n) is 7.35. The van der Waals surface area contributed by atoms with E-state index in [1.165, 1.54) is 37.7 Å². The Kier molecular flexibility index (Phi) is 5.87. The van der Waals surface area contributed by atoms with Crippen molar-refractivity contribution in [1.82, 2.24) is 4.72 Å². The van der Waals surface area contributed by atoms with E-state index in [2.05, 4.69) is 62.7 Å². The van der Waals surface area contributed by atoms with Gasteiger partial charge in [-0.15, -0.1) is 0 Å². The molecule has 0 aliphatic heterocycles. The molecule has 5 atom stereocenters.